The number of hydrogen-bond acceptors (Lipinski definition) is 6. The van der Waals surface area contributed by atoms with Crippen molar-refractivity contribution >= 4 is 5.91 Å². The van der Waals surface area contributed by atoms with Gasteiger partial charge in [0.25, 0.3) is 5.91 Å². The third kappa shape index (κ3) is 3.42. The van der Waals surface area contributed by atoms with E-state index in [0.29, 0.717) is 18.9 Å². The number of hydrogen-bond donors (Lipinski definition) is 0. The van der Waals surface area contributed by atoms with Crippen LogP contribution in [0.25, 0.3) is 5.69 Å². The highest BCUT2D eigenvalue weighted by Gasteiger charge is 2.43. The lowest BCUT2D eigenvalue weighted by Gasteiger charge is -2.37. The van der Waals surface area contributed by atoms with Crippen molar-refractivity contribution in [1.82, 2.24) is 19.7 Å². The number of methoxy groups -OCH3 is 1. The number of fused-ring (bicyclic) bond motifs is 1. The molecule has 8 heteroatoms. The molecule has 1 aliphatic heterocycles. The highest BCUT2D eigenvalue weighted by molar-refractivity contribution is 5.78. The molecule has 0 spiro atoms. The molecule has 3 atom stereocenters. The van der Waals surface area contributed by atoms with Gasteiger partial charge in [-0.25, -0.2) is 0 Å². The molecular formula is C18H22N4O4. The first-order valence-electron chi connectivity index (χ1n) is 8.76. The SMILES string of the molecule is CO[C@@H]1C[C@@H]2OCCN(C(=O)COc3cccc(-n4cnnc4)c3)[C@@H]2C1. The monoisotopic (exact) mass is 358 g/mol. The van der Waals surface area contributed by atoms with E-state index in [-0.39, 0.29) is 30.8 Å². The topological polar surface area (TPSA) is 78.7 Å². The normalized spacial score (nSPS) is 25.1. The van der Waals surface area contributed by atoms with E-state index in [1.54, 1.807) is 24.3 Å². The predicted octanol–water partition coefficient (Wildman–Crippen LogP) is 1.05. The highest BCUT2D eigenvalue weighted by atomic mass is 16.5. The zero-order valence-corrected chi connectivity index (χ0v) is 14.7. The number of aromatic nitrogens is 3. The first-order chi connectivity index (χ1) is 12.7. The first-order valence-corrected chi connectivity index (χ1v) is 8.76. The van der Waals surface area contributed by atoms with Gasteiger partial charge in [0.1, 0.15) is 18.4 Å². The fourth-order valence-corrected chi connectivity index (χ4v) is 3.71. The molecule has 0 radical (unpaired) electrons. The molecule has 26 heavy (non-hydrogen) atoms. The molecule has 2 fully saturated rings. The Kier molecular flexibility index (Phi) is 4.85. The number of ether oxygens (including phenoxy) is 3. The average Bonchev–Trinajstić information content (AvgIpc) is 3.35. The van der Waals surface area contributed by atoms with E-state index in [1.165, 1.54) is 0 Å². The van der Waals surface area contributed by atoms with E-state index in [2.05, 4.69) is 10.2 Å². The Morgan fingerprint density at radius 1 is 1.31 bits per heavy atom. The first kappa shape index (κ1) is 17.0. The lowest BCUT2D eigenvalue weighted by atomic mass is 10.1. The molecule has 1 aromatic carbocycles. The van der Waals surface area contributed by atoms with Crippen molar-refractivity contribution in [3.63, 3.8) is 0 Å². The van der Waals surface area contributed by atoms with Crippen molar-refractivity contribution in [1.29, 1.82) is 0 Å². The lowest BCUT2D eigenvalue weighted by molar-refractivity contribution is -0.146. The van der Waals surface area contributed by atoms with Crippen LogP contribution in [0.4, 0.5) is 0 Å². The molecule has 1 saturated heterocycles. The molecule has 2 aliphatic rings. The van der Waals surface area contributed by atoms with Gasteiger partial charge in [-0.3, -0.25) is 9.36 Å². The molecule has 1 aliphatic carbocycles. The largest absolute Gasteiger partial charge is 0.484 e. The third-order valence-electron chi connectivity index (χ3n) is 5.04. The van der Waals surface area contributed by atoms with Crippen LogP contribution in [0, 0.1) is 0 Å². The van der Waals surface area contributed by atoms with Gasteiger partial charge in [0.15, 0.2) is 6.61 Å². The molecular weight excluding hydrogens is 336 g/mol. The maximum atomic E-state index is 12.7. The van der Waals surface area contributed by atoms with Gasteiger partial charge in [0.05, 0.1) is 30.5 Å². The van der Waals surface area contributed by atoms with Crippen molar-refractivity contribution in [2.24, 2.45) is 0 Å². The summed E-state index contributed by atoms with van der Waals surface area (Å²) in [6.45, 7) is 1.17. The van der Waals surface area contributed by atoms with Crippen LogP contribution >= 0.6 is 0 Å². The van der Waals surface area contributed by atoms with Crippen LogP contribution in [0.1, 0.15) is 12.8 Å². The number of morpholine rings is 1. The standard InChI is InChI=1S/C18H22N4O4/c1-24-15-8-16-17(9-15)25-6-5-22(16)18(23)10-26-14-4-2-3-13(7-14)21-11-19-20-12-21/h2-4,7,11-12,15-17H,5-6,8-10H2,1H3/t15-,16+,17-/m0/s1. The lowest BCUT2D eigenvalue weighted by Crippen LogP contribution is -2.52. The zero-order valence-electron chi connectivity index (χ0n) is 14.7. The summed E-state index contributed by atoms with van der Waals surface area (Å²) in [6, 6.07) is 7.57. The van der Waals surface area contributed by atoms with Crippen LogP contribution in [0.3, 0.4) is 0 Å². The summed E-state index contributed by atoms with van der Waals surface area (Å²) in [5, 5.41) is 7.59. The van der Waals surface area contributed by atoms with Crippen molar-refractivity contribution in [3.8, 4) is 11.4 Å². The summed E-state index contributed by atoms with van der Waals surface area (Å²) in [5.74, 6) is 0.616. The molecule has 4 rings (SSSR count). The van der Waals surface area contributed by atoms with Gasteiger partial charge < -0.3 is 19.1 Å². The Bertz CT molecular complexity index is 751. The molecule has 8 nitrogen and oxygen atoms in total. The van der Waals surface area contributed by atoms with Crippen molar-refractivity contribution in [2.45, 2.75) is 31.1 Å². The Morgan fingerprint density at radius 3 is 2.96 bits per heavy atom. The van der Waals surface area contributed by atoms with Crippen LogP contribution in [0.5, 0.6) is 5.75 Å². The molecule has 1 amide bonds. The van der Waals surface area contributed by atoms with E-state index >= 15 is 0 Å². The van der Waals surface area contributed by atoms with Gasteiger partial charge in [0, 0.05) is 26.1 Å². The second kappa shape index (κ2) is 7.43. The second-order valence-electron chi connectivity index (χ2n) is 6.55. The maximum absolute atomic E-state index is 12.7. The van der Waals surface area contributed by atoms with Gasteiger partial charge in [-0.2, -0.15) is 0 Å². The number of rotatable bonds is 5. The third-order valence-corrected chi connectivity index (χ3v) is 5.04. The molecule has 2 heterocycles. The quantitative estimate of drug-likeness (QED) is 0.795. The summed E-state index contributed by atoms with van der Waals surface area (Å²) in [6.07, 6.45) is 5.10. The second-order valence-corrected chi connectivity index (χ2v) is 6.55. The van der Waals surface area contributed by atoms with Gasteiger partial charge in [-0.05, 0) is 18.6 Å². The summed E-state index contributed by atoms with van der Waals surface area (Å²) in [4.78, 5) is 14.6. The smallest absolute Gasteiger partial charge is 0.260 e. The van der Waals surface area contributed by atoms with E-state index in [4.69, 9.17) is 14.2 Å². The van der Waals surface area contributed by atoms with Crippen LogP contribution < -0.4 is 4.74 Å². The van der Waals surface area contributed by atoms with Crippen LogP contribution in [-0.2, 0) is 14.3 Å². The highest BCUT2D eigenvalue weighted by Crippen LogP contribution is 2.31. The summed E-state index contributed by atoms with van der Waals surface area (Å²) >= 11 is 0. The fourth-order valence-electron chi connectivity index (χ4n) is 3.71. The maximum Gasteiger partial charge on any atom is 0.260 e. The van der Waals surface area contributed by atoms with Crippen molar-refractivity contribution in [2.75, 3.05) is 26.9 Å². The number of amides is 1. The minimum atomic E-state index is -0.0187. The minimum Gasteiger partial charge on any atom is -0.484 e. The minimum absolute atomic E-state index is 0.00645. The van der Waals surface area contributed by atoms with Crippen molar-refractivity contribution in [3.05, 3.63) is 36.9 Å². The molecule has 0 unspecified atom stereocenters. The van der Waals surface area contributed by atoms with Gasteiger partial charge in [-0.15, -0.1) is 10.2 Å². The summed E-state index contributed by atoms with van der Waals surface area (Å²) < 4.78 is 18.8. The average molecular weight is 358 g/mol. The molecule has 1 aromatic heterocycles. The van der Waals surface area contributed by atoms with E-state index in [9.17, 15) is 4.79 Å². The van der Waals surface area contributed by atoms with Crippen molar-refractivity contribution < 1.29 is 19.0 Å². The number of nitrogens with zero attached hydrogens (tertiary/aromatic N) is 4. The summed E-state index contributed by atoms with van der Waals surface area (Å²) in [7, 11) is 1.71. The number of carbonyl (C=O) groups is 1. The Balaban J connectivity index is 1.39. The molecule has 0 N–H and O–H groups in total. The molecule has 2 aromatic rings. The Labute approximate surface area is 151 Å². The van der Waals surface area contributed by atoms with Gasteiger partial charge >= 0.3 is 0 Å². The predicted molar refractivity (Wildman–Crippen MR) is 92.1 cm³/mol. The number of carbonyl (C=O) groups excluding carboxylic acids is 1. The van der Waals surface area contributed by atoms with Gasteiger partial charge in [0.2, 0.25) is 0 Å². The summed E-state index contributed by atoms with van der Waals surface area (Å²) in [5.41, 5.74) is 0.880. The van der Waals surface area contributed by atoms with E-state index < -0.39 is 0 Å². The van der Waals surface area contributed by atoms with Crippen LogP contribution in [-0.4, -0.2) is 70.7 Å². The zero-order chi connectivity index (χ0) is 17.9. The van der Waals surface area contributed by atoms with E-state index in [1.807, 2.05) is 29.2 Å². The Hall–Kier alpha value is -2.45. The number of benzene rings is 1. The Morgan fingerprint density at radius 2 is 2.15 bits per heavy atom. The molecule has 1 saturated carbocycles. The molecule has 0 bridgehead atoms. The van der Waals surface area contributed by atoms with Crippen LogP contribution in [0.15, 0.2) is 36.9 Å². The van der Waals surface area contributed by atoms with Gasteiger partial charge in [-0.1, -0.05) is 6.07 Å². The van der Waals surface area contributed by atoms with Crippen LogP contribution in [0.2, 0.25) is 0 Å². The van der Waals surface area contributed by atoms with E-state index in [0.717, 1.165) is 18.5 Å². The fraction of sp³-hybridized carbons (Fsp3) is 0.500. The molecule has 138 valence electrons.